The largest absolute Gasteiger partial charge is 0.370 e. The van der Waals surface area contributed by atoms with E-state index in [4.69, 9.17) is 9.73 Å². The van der Waals surface area contributed by atoms with E-state index in [0.717, 1.165) is 36.7 Å². The van der Waals surface area contributed by atoms with Gasteiger partial charge in [0.25, 0.3) is 5.91 Å². The fourth-order valence-corrected chi connectivity index (χ4v) is 3.55. The number of rotatable bonds is 8. The molecule has 0 radical (unpaired) electrons. The van der Waals surface area contributed by atoms with Crippen molar-refractivity contribution in [1.29, 1.82) is 0 Å². The number of morpholine rings is 1. The number of nitrogens with one attached hydrogen (secondary N) is 2. The summed E-state index contributed by atoms with van der Waals surface area (Å²) in [6.45, 7) is 6.88. The van der Waals surface area contributed by atoms with Crippen LogP contribution in [0.5, 0.6) is 0 Å². The molecule has 2 heterocycles. The second kappa shape index (κ2) is 11.6. The predicted octanol–water partition coefficient (Wildman–Crippen LogP) is 1.25. The quantitative estimate of drug-likeness (QED) is 0.474. The van der Waals surface area contributed by atoms with Crippen molar-refractivity contribution in [3.8, 4) is 0 Å². The van der Waals surface area contributed by atoms with Gasteiger partial charge in [0.05, 0.1) is 25.9 Å². The van der Waals surface area contributed by atoms with Gasteiger partial charge in [-0.1, -0.05) is 12.1 Å². The van der Waals surface area contributed by atoms with Gasteiger partial charge >= 0.3 is 0 Å². The maximum absolute atomic E-state index is 12.4. The van der Waals surface area contributed by atoms with E-state index in [9.17, 15) is 4.79 Å². The van der Waals surface area contributed by atoms with E-state index in [1.54, 1.807) is 4.68 Å². The number of guanidine groups is 1. The lowest BCUT2D eigenvalue weighted by molar-refractivity contribution is -0.00805. The van der Waals surface area contributed by atoms with Crippen molar-refractivity contribution >= 4 is 11.9 Å². The van der Waals surface area contributed by atoms with E-state index in [2.05, 4.69) is 27.6 Å². The molecule has 0 spiro atoms. The molecule has 3 rings (SSSR count). The highest BCUT2D eigenvalue weighted by molar-refractivity contribution is 5.94. The minimum Gasteiger partial charge on any atom is -0.370 e. The van der Waals surface area contributed by atoms with Crippen molar-refractivity contribution in [2.45, 2.75) is 19.6 Å². The third kappa shape index (κ3) is 6.80. The Hall–Kier alpha value is -2.91. The Morgan fingerprint density at radius 2 is 2.19 bits per heavy atom. The highest BCUT2D eigenvalue weighted by atomic mass is 16.5. The van der Waals surface area contributed by atoms with Crippen LogP contribution in [0.2, 0.25) is 0 Å². The smallest absolute Gasteiger partial charge is 0.251 e. The van der Waals surface area contributed by atoms with Crippen molar-refractivity contribution in [1.82, 2.24) is 30.2 Å². The van der Waals surface area contributed by atoms with Crippen molar-refractivity contribution in [3.63, 3.8) is 0 Å². The maximum Gasteiger partial charge on any atom is 0.251 e. The lowest BCUT2D eigenvalue weighted by Crippen LogP contribution is -2.48. The van der Waals surface area contributed by atoms with Crippen LogP contribution in [-0.2, 0) is 18.3 Å². The number of ether oxygens (including phenoxy) is 1. The molecule has 2 N–H and O–H groups in total. The van der Waals surface area contributed by atoms with Gasteiger partial charge in [-0.25, -0.2) is 4.99 Å². The topological polar surface area (TPSA) is 87.0 Å². The average Bonchev–Trinajstić information content (AvgIpc) is 3.23. The minimum atomic E-state index is -0.0583. The van der Waals surface area contributed by atoms with Crippen LogP contribution in [0.4, 0.5) is 0 Å². The van der Waals surface area contributed by atoms with Crippen LogP contribution in [0.3, 0.4) is 0 Å². The lowest BCUT2D eigenvalue weighted by Gasteiger charge is -2.34. The zero-order chi connectivity index (χ0) is 22.9. The fraction of sp³-hybridized carbons (Fsp3) is 0.522. The van der Waals surface area contributed by atoms with E-state index < -0.39 is 0 Å². The Kier molecular flexibility index (Phi) is 8.64. The Labute approximate surface area is 190 Å². The first kappa shape index (κ1) is 23.7. The molecule has 1 saturated heterocycles. The van der Waals surface area contributed by atoms with Crippen LogP contribution >= 0.6 is 0 Å². The first-order chi connectivity index (χ1) is 15.5. The van der Waals surface area contributed by atoms with E-state index >= 15 is 0 Å². The Morgan fingerprint density at radius 3 is 2.91 bits per heavy atom. The van der Waals surface area contributed by atoms with Crippen LogP contribution in [0, 0.1) is 0 Å². The normalized spacial score (nSPS) is 17.0. The summed E-state index contributed by atoms with van der Waals surface area (Å²) in [5.74, 6) is 0.794. The summed E-state index contributed by atoms with van der Waals surface area (Å²) < 4.78 is 7.75. The molecule has 1 aliphatic heterocycles. The van der Waals surface area contributed by atoms with Crippen molar-refractivity contribution < 1.29 is 9.53 Å². The fourth-order valence-electron chi connectivity index (χ4n) is 3.55. The van der Waals surface area contributed by atoms with Crippen molar-refractivity contribution in [2.75, 3.05) is 53.4 Å². The molecule has 32 heavy (non-hydrogen) atoms. The number of aliphatic imine (C=N–C) groups is 1. The zero-order valence-corrected chi connectivity index (χ0v) is 19.5. The third-order valence-corrected chi connectivity index (χ3v) is 5.24. The minimum absolute atomic E-state index is 0.0319. The molecule has 1 amide bonds. The summed E-state index contributed by atoms with van der Waals surface area (Å²) in [5.41, 5.74) is 2.73. The molecular formula is C23H35N7O2. The molecule has 1 unspecified atom stereocenters. The molecule has 0 aliphatic carbocycles. The van der Waals surface area contributed by atoms with Gasteiger partial charge in [0.1, 0.15) is 6.10 Å². The number of hydrogen-bond donors (Lipinski definition) is 2. The number of benzene rings is 1. The predicted molar refractivity (Wildman–Crippen MR) is 126 cm³/mol. The summed E-state index contributed by atoms with van der Waals surface area (Å²) in [7, 11) is 5.88. The van der Waals surface area contributed by atoms with E-state index in [1.807, 2.05) is 62.7 Å². The summed E-state index contributed by atoms with van der Waals surface area (Å²) in [6, 6.07) is 7.66. The van der Waals surface area contributed by atoms with E-state index in [-0.39, 0.29) is 12.0 Å². The number of hydrogen-bond acceptors (Lipinski definition) is 5. The number of likely N-dealkylation sites (N-methyl/N-ethyl adjacent to an activating group) is 1. The Morgan fingerprint density at radius 1 is 1.34 bits per heavy atom. The number of amides is 1. The summed E-state index contributed by atoms with van der Waals surface area (Å²) in [4.78, 5) is 21.5. The maximum atomic E-state index is 12.4. The van der Waals surface area contributed by atoms with E-state index in [0.29, 0.717) is 31.8 Å². The molecule has 1 atom stereocenters. The monoisotopic (exact) mass is 441 g/mol. The second-order valence-electron chi connectivity index (χ2n) is 8.18. The molecule has 1 aliphatic rings. The molecule has 1 aromatic carbocycles. The SMILES string of the molecule is CCNC(=NCc1cccc(C(=O)NCCN(C)C)c1)N1CCOC(c2cnn(C)c2)C1. The van der Waals surface area contributed by atoms with Gasteiger partial charge in [0.2, 0.25) is 0 Å². The molecule has 2 aromatic rings. The second-order valence-corrected chi connectivity index (χ2v) is 8.18. The van der Waals surface area contributed by atoms with E-state index in [1.165, 1.54) is 0 Å². The molecule has 9 heteroatoms. The number of carbonyl (C=O) groups is 1. The van der Waals surface area contributed by atoms with Crippen LogP contribution in [0.1, 0.15) is 34.5 Å². The average molecular weight is 442 g/mol. The lowest BCUT2D eigenvalue weighted by atomic mass is 10.1. The Bertz CT molecular complexity index is 909. The van der Waals surface area contributed by atoms with Crippen LogP contribution < -0.4 is 10.6 Å². The molecule has 174 valence electrons. The molecule has 9 nitrogen and oxygen atoms in total. The standard InChI is InChI=1S/C23H35N7O2/c1-5-24-23(30-11-12-32-21(17-30)20-15-27-29(4)16-20)26-14-18-7-6-8-19(13-18)22(31)25-9-10-28(2)3/h6-8,13,15-16,21H,5,9-12,14,17H2,1-4H3,(H,24,26)(H,25,31). The zero-order valence-electron chi connectivity index (χ0n) is 19.5. The summed E-state index contributed by atoms with van der Waals surface area (Å²) in [5, 5.41) is 10.6. The molecular weight excluding hydrogens is 406 g/mol. The van der Waals surface area contributed by atoms with Gasteiger partial charge in [-0.05, 0) is 38.7 Å². The summed E-state index contributed by atoms with van der Waals surface area (Å²) in [6.07, 6.45) is 3.82. The van der Waals surface area contributed by atoms with Gasteiger partial charge in [0, 0.05) is 50.6 Å². The van der Waals surface area contributed by atoms with Crippen molar-refractivity contribution in [3.05, 3.63) is 53.3 Å². The van der Waals surface area contributed by atoms with Crippen LogP contribution in [0.25, 0.3) is 0 Å². The molecule has 1 aromatic heterocycles. The van der Waals surface area contributed by atoms with Gasteiger partial charge in [-0.3, -0.25) is 9.48 Å². The van der Waals surface area contributed by atoms with Gasteiger partial charge < -0.3 is 25.2 Å². The number of nitrogens with zero attached hydrogens (tertiary/aromatic N) is 5. The first-order valence-electron chi connectivity index (χ1n) is 11.1. The summed E-state index contributed by atoms with van der Waals surface area (Å²) >= 11 is 0. The Balaban J connectivity index is 1.65. The molecule has 0 saturated carbocycles. The number of aryl methyl sites for hydroxylation is 1. The molecule has 1 fully saturated rings. The van der Waals surface area contributed by atoms with Crippen molar-refractivity contribution in [2.24, 2.45) is 12.0 Å². The first-order valence-corrected chi connectivity index (χ1v) is 11.1. The number of carbonyl (C=O) groups excluding carboxylic acids is 1. The third-order valence-electron chi connectivity index (χ3n) is 5.24. The van der Waals surface area contributed by atoms with Gasteiger partial charge in [-0.15, -0.1) is 0 Å². The van der Waals surface area contributed by atoms with Gasteiger partial charge in [-0.2, -0.15) is 5.10 Å². The molecule has 0 bridgehead atoms. The highest BCUT2D eigenvalue weighted by Crippen LogP contribution is 2.21. The highest BCUT2D eigenvalue weighted by Gasteiger charge is 2.25. The number of aromatic nitrogens is 2. The van der Waals surface area contributed by atoms with Gasteiger partial charge in [0.15, 0.2) is 5.96 Å². The van der Waals surface area contributed by atoms with Crippen LogP contribution in [-0.4, -0.2) is 84.9 Å². The van der Waals surface area contributed by atoms with Crippen LogP contribution in [0.15, 0.2) is 41.7 Å².